The number of nitrogens with zero attached hydrogens (tertiary/aromatic N) is 2. The van der Waals surface area contributed by atoms with Crippen molar-refractivity contribution < 1.29 is 9.53 Å². The average Bonchev–Trinajstić information content (AvgIpc) is 3.12. The molecule has 0 unspecified atom stereocenters. The third-order valence-electron chi connectivity index (χ3n) is 5.16. The molecule has 4 rings (SSSR count). The molecule has 3 N–H and O–H groups in total. The molecule has 0 atom stereocenters. The maximum atomic E-state index is 13.0. The molecular weight excluding hydrogens is 354 g/mol. The fourth-order valence-electron chi connectivity index (χ4n) is 3.71. The molecule has 2 aromatic heterocycles. The molecule has 1 amide bonds. The summed E-state index contributed by atoms with van der Waals surface area (Å²) in [4.78, 5) is 17.6. The van der Waals surface area contributed by atoms with Gasteiger partial charge >= 0.3 is 0 Å². The molecule has 0 radical (unpaired) electrons. The van der Waals surface area contributed by atoms with Crippen molar-refractivity contribution in [3.05, 3.63) is 41.7 Å². The third kappa shape index (κ3) is 3.93. The van der Waals surface area contributed by atoms with Crippen LogP contribution in [0.15, 0.2) is 30.3 Å². The zero-order valence-corrected chi connectivity index (χ0v) is 16.2. The number of methoxy groups -OCH3 is 1. The average molecular weight is 379 g/mol. The summed E-state index contributed by atoms with van der Waals surface area (Å²) in [5.74, 6) is 1.83. The molecule has 1 aromatic carbocycles. The summed E-state index contributed by atoms with van der Waals surface area (Å²) in [5.41, 5.74) is 1.36. The molecule has 3 aromatic rings. The Morgan fingerprint density at radius 3 is 2.68 bits per heavy atom. The van der Waals surface area contributed by atoms with E-state index in [4.69, 9.17) is 4.74 Å². The first-order valence-corrected chi connectivity index (χ1v) is 9.71. The molecule has 7 heteroatoms. The third-order valence-corrected chi connectivity index (χ3v) is 5.16. The van der Waals surface area contributed by atoms with Crippen LogP contribution < -0.4 is 15.4 Å². The number of carbonyl (C=O) groups is 1. The number of hydrogen-bond donors (Lipinski definition) is 3. The van der Waals surface area contributed by atoms with Crippen LogP contribution >= 0.6 is 0 Å². The smallest absolute Gasteiger partial charge is 0.270 e. The Labute approximate surface area is 163 Å². The second-order valence-corrected chi connectivity index (χ2v) is 7.31. The van der Waals surface area contributed by atoms with Crippen LogP contribution in [0, 0.1) is 6.92 Å². The molecule has 1 saturated carbocycles. The van der Waals surface area contributed by atoms with Crippen LogP contribution in [-0.2, 0) is 0 Å². The molecule has 0 aliphatic heterocycles. The molecule has 0 bridgehead atoms. The van der Waals surface area contributed by atoms with E-state index in [1.807, 2.05) is 37.3 Å². The Morgan fingerprint density at radius 2 is 1.96 bits per heavy atom. The number of hydrogen-bond acceptors (Lipinski definition) is 5. The van der Waals surface area contributed by atoms with Gasteiger partial charge in [-0.15, -0.1) is 0 Å². The predicted molar refractivity (Wildman–Crippen MR) is 109 cm³/mol. The van der Waals surface area contributed by atoms with Crippen molar-refractivity contribution >= 4 is 28.3 Å². The van der Waals surface area contributed by atoms with Gasteiger partial charge in [0.15, 0.2) is 5.82 Å². The van der Waals surface area contributed by atoms with Crippen molar-refractivity contribution in [3.8, 4) is 5.75 Å². The normalized spacial score (nSPS) is 14.8. The number of ether oxygens (including phenoxy) is 1. The number of pyridine rings is 1. The standard InChI is InChI=1S/C21H25N5O2/c1-13-10-19(26-25-13)23-18-12-14-11-16(28-2)8-9-17(14)20(24-18)21(27)22-15-6-4-3-5-7-15/h8-12,15H,3-7H2,1-2H3,(H,22,27)(H2,23,24,25,26). The van der Waals surface area contributed by atoms with E-state index in [1.165, 1.54) is 6.42 Å². The molecule has 0 saturated heterocycles. The van der Waals surface area contributed by atoms with E-state index < -0.39 is 0 Å². The molecule has 1 fully saturated rings. The van der Waals surface area contributed by atoms with E-state index in [0.717, 1.165) is 47.9 Å². The fourth-order valence-corrected chi connectivity index (χ4v) is 3.71. The monoisotopic (exact) mass is 379 g/mol. The van der Waals surface area contributed by atoms with Gasteiger partial charge in [-0.2, -0.15) is 5.10 Å². The van der Waals surface area contributed by atoms with Crippen molar-refractivity contribution in [1.82, 2.24) is 20.5 Å². The Hall–Kier alpha value is -3.09. The van der Waals surface area contributed by atoms with Crippen molar-refractivity contribution in [2.45, 2.75) is 45.1 Å². The minimum Gasteiger partial charge on any atom is -0.497 e. The molecule has 2 heterocycles. The number of benzene rings is 1. The maximum absolute atomic E-state index is 13.0. The first-order valence-electron chi connectivity index (χ1n) is 9.71. The second-order valence-electron chi connectivity index (χ2n) is 7.31. The van der Waals surface area contributed by atoms with Crippen LogP contribution in [0.2, 0.25) is 0 Å². The van der Waals surface area contributed by atoms with Crippen LogP contribution in [0.3, 0.4) is 0 Å². The lowest BCUT2D eigenvalue weighted by molar-refractivity contribution is 0.0924. The largest absolute Gasteiger partial charge is 0.497 e. The van der Waals surface area contributed by atoms with Crippen LogP contribution in [-0.4, -0.2) is 34.2 Å². The van der Waals surface area contributed by atoms with Gasteiger partial charge in [-0.1, -0.05) is 19.3 Å². The topological polar surface area (TPSA) is 91.9 Å². The predicted octanol–water partition coefficient (Wildman–Crippen LogP) is 4.08. The van der Waals surface area contributed by atoms with Gasteiger partial charge < -0.3 is 15.4 Å². The zero-order chi connectivity index (χ0) is 19.5. The summed E-state index contributed by atoms with van der Waals surface area (Å²) in [7, 11) is 1.63. The minimum absolute atomic E-state index is 0.135. The molecule has 28 heavy (non-hydrogen) atoms. The highest BCUT2D eigenvalue weighted by Gasteiger charge is 2.20. The van der Waals surface area contributed by atoms with Crippen molar-refractivity contribution in [2.75, 3.05) is 12.4 Å². The summed E-state index contributed by atoms with van der Waals surface area (Å²) < 4.78 is 5.35. The van der Waals surface area contributed by atoms with Gasteiger partial charge in [0.1, 0.15) is 17.3 Å². The fraction of sp³-hybridized carbons (Fsp3) is 0.381. The molecule has 1 aliphatic carbocycles. The van der Waals surface area contributed by atoms with Crippen molar-refractivity contribution in [2.24, 2.45) is 0 Å². The highest BCUT2D eigenvalue weighted by atomic mass is 16.5. The van der Waals surface area contributed by atoms with Crippen molar-refractivity contribution in [1.29, 1.82) is 0 Å². The maximum Gasteiger partial charge on any atom is 0.270 e. The lowest BCUT2D eigenvalue weighted by Gasteiger charge is -2.23. The number of anilines is 2. The number of H-pyrrole nitrogens is 1. The van der Waals surface area contributed by atoms with Gasteiger partial charge in [-0.25, -0.2) is 4.98 Å². The van der Waals surface area contributed by atoms with Crippen LogP contribution in [0.5, 0.6) is 5.75 Å². The molecule has 146 valence electrons. The molecule has 1 aliphatic rings. The summed E-state index contributed by atoms with van der Waals surface area (Å²) in [6.07, 6.45) is 5.63. The number of nitrogens with one attached hydrogen (secondary N) is 3. The zero-order valence-electron chi connectivity index (χ0n) is 16.2. The highest BCUT2D eigenvalue weighted by Crippen LogP contribution is 2.27. The van der Waals surface area contributed by atoms with E-state index >= 15 is 0 Å². The van der Waals surface area contributed by atoms with Crippen molar-refractivity contribution in [3.63, 3.8) is 0 Å². The Balaban J connectivity index is 1.70. The summed E-state index contributed by atoms with van der Waals surface area (Å²) in [5, 5.41) is 15.1. The number of fused-ring (bicyclic) bond motifs is 1. The Morgan fingerprint density at radius 1 is 1.14 bits per heavy atom. The van der Waals surface area contributed by atoms with Gasteiger partial charge in [0, 0.05) is 23.2 Å². The lowest BCUT2D eigenvalue weighted by Crippen LogP contribution is -2.36. The SMILES string of the molecule is COc1ccc2c(C(=O)NC3CCCCC3)nc(Nc3cc(C)[nH]n3)cc2c1. The number of rotatable bonds is 5. The first-order chi connectivity index (χ1) is 13.6. The van der Waals surface area contributed by atoms with E-state index in [-0.39, 0.29) is 11.9 Å². The number of aryl methyl sites for hydroxylation is 1. The molecule has 7 nitrogen and oxygen atoms in total. The van der Waals surface area contributed by atoms with Crippen LogP contribution in [0.1, 0.15) is 48.3 Å². The van der Waals surface area contributed by atoms with Gasteiger partial charge in [0.25, 0.3) is 5.91 Å². The Kier molecular flexibility index (Phi) is 5.14. The highest BCUT2D eigenvalue weighted by molar-refractivity contribution is 6.06. The summed E-state index contributed by atoms with van der Waals surface area (Å²) in [6, 6.07) is 9.67. The number of carbonyl (C=O) groups excluding carboxylic acids is 1. The van der Waals surface area contributed by atoms with Crippen LogP contribution in [0.25, 0.3) is 10.8 Å². The van der Waals surface area contributed by atoms with E-state index in [2.05, 4.69) is 25.8 Å². The first kappa shape index (κ1) is 18.3. The van der Waals surface area contributed by atoms with Crippen LogP contribution in [0.4, 0.5) is 11.6 Å². The summed E-state index contributed by atoms with van der Waals surface area (Å²) in [6.45, 7) is 1.93. The van der Waals surface area contributed by atoms with E-state index in [9.17, 15) is 4.79 Å². The number of amides is 1. The molecule has 0 spiro atoms. The number of aromatic nitrogens is 3. The second kappa shape index (κ2) is 7.88. The molecular formula is C21H25N5O2. The number of aromatic amines is 1. The van der Waals surface area contributed by atoms with Gasteiger partial charge in [-0.3, -0.25) is 9.89 Å². The van der Waals surface area contributed by atoms with E-state index in [0.29, 0.717) is 17.3 Å². The van der Waals surface area contributed by atoms with E-state index in [1.54, 1.807) is 7.11 Å². The minimum atomic E-state index is -0.135. The Bertz CT molecular complexity index is 992. The summed E-state index contributed by atoms with van der Waals surface area (Å²) >= 11 is 0. The van der Waals surface area contributed by atoms with Gasteiger partial charge in [0.2, 0.25) is 0 Å². The quantitative estimate of drug-likeness (QED) is 0.621. The van der Waals surface area contributed by atoms with Gasteiger partial charge in [0.05, 0.1) is 7.11 Å². The van der Waals surface area contributed by atoms with Gasteiger partial charge in [-0.05, 0) is 49.4 Å². The lowest BCUT2D eigenvalue weighted by atomic mass is 9.95.